The highest BCUT2D eigenvalue weighted by Gasteiger charge is 2.36. The second kappa shape index (κ2) is 10.7. The summed E-state index contributed by atoms with van der Waals surface area (Å²) >= 11 is 0. The molecule has 8 heteroatoms. The van der Waals surface area contributed by atoms with Crippen molar-refractivity contribution in [3.63, 3.8) is 0 Å². The van der Waals surface area contributed by atoms with Crippen molar-refractivity contribution < 1.29 is 9.59 Å². The molecule has 5 rings (SSSR count). The van der Waals surface area contributed by atoms with Gasteiger partial charge in [-0.25, -0.2) is 9.67 Å². The number of aromatic nitrogens is 3. The second-order valence-electron chi connectivity index (χ2n) is 10.0. The van der Waals surface area contributed by atoms with Crippen molar-refractivity contribution in [1.82, 2.24) is 29.5 Å². The Morgan fingerprint density at radius 2 is 1.68 bits per heavy atom. The van der Waals surface area contributed by atoms with Crippen LogP contribution in [0.1, 0.15) is 60.9 Å². The zero-order valence-corrected chi connectivity index (χ0v) is 20.0. The van der Waals surface area contributed by atoms with Gasteiger partial charge in [0.25, 0.3) is 5.91 Å². The smallest absolute Gasteiger partial charge is 0.254 e. The topological polar surface area (TPSA) is 74.6 Å². The first-order valence-electron chi connectivity index (χ1n) is 12.9. The monoisotopic (exact) mass is 464 g/mol. The van der Waals surface area contributed by atoms with Crippen LogP contribution in [-0.4, -0.2) is 86.6 Å². The molecule has 34 heavy (non-hydrogen) atoms. The fourth-order valence-electron chi connectivity index (χ4n) is 5.96. The normalized spacial score (nSPS) is 22.3. The standard InChI is InChI=1S/C26H36N6O2/c33-25(30-12-5-6-13-30)18-29-15-10-21(11-16-29)24-9-3-4-14-32(24)26(34)23-8-2-1-7-22(23)17-31-20-27-19-28-31/h1-2,7-8,19-21,24H,3-6,9-18H2. The lowest BCUT2D eigenvalue weighted by atomic mass is 9.83. The average molecular weight is 465 g/mol. The van der Waals surface area contributed by atoms with E-state index in [2.05, 4.69) is 19.9 Å². The Labute approximate surface area is 201 Å². The van der Waals surface area contributed by atoms with Gasteiger partial charge < -0.3 is 9.80 Å². The van der Waals surface area contributed by atoms with Gasteiger partial charge in [-0.05, 0) is 75.6 Å². The third kappa shape index (κ3) is 5.17. The summed E-state index contributed by atoms with van der Waals surface area (Å²) in [4.78, 5) is 36.9. The molecule has 182 valence electrons. The van der Waals surface area contributed by atoms with Crippen molar-refractivity contribution in [2.45, 2.75) is 57.5 Å². The van der Waals surface area contributed by atoms with E-state index in [9.17, 15) is 9.59 Å². The lowest BCUT2D eigenvalue weighted by Crippen LogP contribution is -2.51. The summed E-state index contributed by atoms with van der Waals surface area (Å²) in [6.07, 6.45) is 10.9. The molecule has 4 heterocycles. The van der Waals surface area contributed by atoms with E-state index in [1.165, 1.54) is 12.7 Å². The van der Waals surface area contributed by atoms with Crippen LogP contribution in [0.3, 0.4) is 0 Å². The molecule has 1 aromatic carbocycles. The summed E-state index contributed by atoms with van der Waals surface area (Å²) in [6, 6.07) is 8.19. The molecule has 1 unspecified atom stereocenters. The van der Waals surface area contributed by atoms with E-state index >= 15 is 0 Å². The zero-order valence-electron chi connectivity index (χ0n) is 20.0. The zero-order chi connectivity index (χ0) is 23.3. The molecule has 0 aliphatic carbocycles. The maximum absolute atomic E-state index is 13.8. The maximum Gasteiger partial charge on any atom is 0.254 e. The molecule has 0 bridgehead atoms. The van der Waals surface area contributed by atoms with Gasteiger partial charge in [0.05, 0.1) is 13.1 Å². The van der Waals surface area contributed by atoms with Crippen LogP contribution in [0, 0.1) is 5.92 Å². The third-order valence-corrected chi connectivity index (χ3v) is 7.85. The first kappa shape index (κ1) is 23.0. The molecule has 2 aromatic rings. The fraction of sp³-hybridized carbons (Fsp3) is 0.615. The number of benzene rings is 1. The lowest BCUT2D eigenvalue weighted by molar-refractivity contribution is -0.131. The van der Waals surface area contributed by atoms with Crippen LogP contribution in [0.25, 0.3) is 0 Å². The van der Waals surface area contributed by atoms with Gasteiger partial charge in [0.1, 0.15) is 12.7 Å². The number of piperidine rings is 2. The van der Waals surface area contributed by atoms with Gasteiger partial charge >= 0.3 is 0 Å². The minimum absolute atomic E-state index is 0.145. The van der Waals surface area contributed by atoms with Crippen molar-refractivity contribution in [2.24, 2.45) is 5.92 Å². The van der Waals surface area contributed by atoms with Crippen molar-refractivity contribution in [3.8, 4) is 0 Å². The van der Waals surface area contributed by atoms with E-state index in [-0.39, 0.29) is 17.9 Å². The first-order valence-corrected chi connectivity index (χ1v) is 12.9. The Hall–Kier alpha value is -2.74. The number of likely N-dealkylation sites (tertiary alicyclic amines) is 3. The predicted octanol–water partition coefficient (Wildman–Crippen LogP) is 2.66. The van der Waals surface area contributed by atoms with Crippen molar-refractivity contribution in [1.29, 1.82) is 0 Å². The van der Waals surface area contributed by atoms with Crippen LogP contribution in [0.4, 0.5) is 0 Å². The van der Waals surface area contributed by atoms with Crippen LogP contribution < -0.4 is 0 Å². The lowest BCUT2D eigenvalue weighted by Gasteiger charge is -2.44. The Balaban J connectivity index is 1.23. The molecule has 1 atom stereocenters. The summed E-state index contributed by atoms with van der Waals surface area (Å²) in [6.45, 7) is 5.67. The van der Waals surface area contributed by atoms with Gasteiger partial charge in [0.15, 0.2) is 0 Å². The minimum Gasteiger partial charge on any atom is -0.342 e. The van der Waals surface area contributed by atoms with Crippen molar-refractivity contribution in [2.75, 3.05) is 39.3 Å². The van der Waals surface area contributed by atoms with E-state index in [0.29, 0.717) is 19.0 Å². The quantitative estimate of drug-likeness (QED) is 0.657. The highest BCUT2D eigenvalue weighted by molar-refractivity contribution is 5.96. The molecule has 1 aromatic heterocycles. The largest absolute Gasteiger partial charge is 0.342 e. The molecule has 8 nitrogen and oxygen atoms in total. The van der Waals surface area contributed by atoms with E-state index in [1.807, 2.05) is 29.2 Å². The second-order valence-corrected chi connectivity index (χ2v) is 10.0. The number of amides is 2. The van der Waals surface area contributed by atoms with Gasteiger partial charge in [-0.15, -0.1) is 0 Å². The highest BCUT2D eigenvalue weighted by atomic mass is 16.2. The number of carbonyl (C=O) groups is 2. The number of carbonyl (C=O) groups excluding carboxylic acids is 2. The van der Waals surface area contributed by atoms with Crippen LogP contribution >= 0.6 is 0 Å². The Morgan fingerprint density at radius 1 is 0.912 bits per heavy atom. The number of nitrogens with zero attached hydrogens (tertiary/aromatic N) is 6. The van der Waals surface area contributed by atoms with Crippen LogP contribution in [0.5, 0.6) is 0 Å². The number of rotatable bonds is 6. The van der Waals surface area contributed by atoms with E-state index < -0.39 is 0 Å². The average Bonchev–Trinajstić information content (AvgIpc) is 3.59. The van der Waals surface area contributed by atoms with E-state index in [4.69, 9.17) is 0 Å². The van der Waals surface area contributed by atoms with E-state index in [0.717, 1.165) is 82.4 Å². The van der Waals surface area contributed by atoms with Gasteiger partial charge in [-0.3, -0.25) is 14.5 Å². The number of hydrogen-bond acceptors (Lipinski definition) is 5. The molecule has 0 radical (unpaired) electrons. The summed E-state index contributed by atoms with van der Waals surface area (Å²) in [5.74, 6) is 0.936. The van der Waals surface area contributed by atoms with E-state index in [1.54, 1.807) is 11.0 Å². The maximum atomic E-state index is 13.8. The van der Waals surface area contributed by atoms with Gasteiger partial charge in [-0.2, -0.15) is 5.10 Å². The summed E-state index contributed by atoms with van der Waals surface area (Å²) < 4.78 is 1.76. The Bertz CT molecular complexity index is 963. The SMILES string of the molecule is O=C(CN1CCC(C2CCCCN2C(=O)c2ccccc2Cn2cncn2)CC1)N1CCCC1. The summed E-state index contributed by atoms with van der Waals surface area (Å²) in [5, 5.41) is 4.21. The van der Waals surface area contributed by atoms with Crippen LogP contribution in [0.15, 0.2) is 36.9 Å². The van der Waals surface area contributed by atoms with Crippen LogP contribution in [-0.2, 0) is 11.3 Å². The first-order chi connectivity index (χ1) is 16.7. The summed E-state index contributed by atoms with van der Waals surface area (Å²) in [5.41, 5.74) is 1.76. The molecule has 3 aliphatic heterocycles. The highest BCUT2D eigenvalue weighted by Crippen LogP contribution is 2.32. The predicted molar refractivity (Wildman–Crippen MR) is 129 cm³/mol. The van der Waals surface area contributed by atoms with Crippen molar-refractivity contribution >= 4 is 11.8 Å². The van der Waals surface area contributed by atoms with Crippen molar-refractivity contribution in [3.05, 3.63) is 48.0 Å². The molecular weight excluding hydrogens is 428 g/mol. The van der Waals surface area contributed by atoms with Gasteiger partial charge in [0, 0.05) is 31.2 Å². The molecule has 0 saturated carbocycles. The minimum atomic E-state index is 0.145. The Morgan fingerprint density at radius 3 is 2.44 bits per heavy atom. The molecule has 3 saturated heterocycles. The number of hydrogen-bond donors (Lipinski definition) is 0. The molecule has 0 spiro atoms. The molecule has 3 fully saturated rings. The fourth-order valence-corrected chi connectivity index (χ4v) is 5.96. The molecule has 3 aliphatic rings. The third-order valence-electron chi connectivity index (χ3n) is 7.85. The summed E-state index contributed by atoms with van der Waals surface area (Å²) in [7, 11) is 0. The molecular formula is C26H36N6O2. The van der Waals surface area contributed by atoms with Gasteiger partial charge in [-0.1, -0.05) is 18.2 Å². The van der Waals surface area contributed by atoms with Crippen LogP contribution in [0.2, 0.25) is 0 Å². The Kier molecular flexibility index (Phi) is 7.23. The molecule has 2 amide bonds. The van der Waals surface area contributed by atoms with Gasteiger partial charge in [0.2, 0.25) is 5.91 Å². The molecule has 0 N–H and O–H groups in total.